The number of nitrogens with one attached hydrogen (secondary N) is 2. The van der Waals surface area contributed by atoms with Gasteiger partial charge in [-0.3, -0.25) is 9.89 Å². The average Bonchev–Trinajstić information content (AvgIpc) is 3.00. The zero-order valence-corrected chi connectivity index (χ0v) is 12.8. The van der Waals surface area contributed by atoms with Crippen LogP contribution >= 0.6 is 0 Å². The Morgan fingerprint density at radius 1 is 1.26 bits per heavy atom. The number of aliphatic hydroxyl groups is 1. The summed E-state index contributed by atoms with van der Waals surface area (Å²) in [5.41, 5.74) is 2.11. The number of H-pyrrole nitrogens is 1. The van der Waals surface area contributed by atoms with Crippen LogP contribution in [-0.2, 0) is 6.42 Å². The van der Waals surface area contributed by atoms with Crippen molar-refractivity contribution in [1.82, 2.24) is 15.5 Å². The molecule has 0 radical (unpaired) electrons. The maximum atomic E-state index is 12.9. The van der Waals surface area contributed by atoms with Crippen LogP contribution in [0.4, 0.5) is 4.39 Å². The van der Waals surface area contributed by atoms with E-state index in [9.17, 15) is 14.3 Å². The third-order valence-corrected chi connectivity index (χ3v) is 4.20. The predicted octanol–water partition coefficient (Wildman–Crippen LogP) is 2.17. The summed E-state index contributed by atoms with van der Waals surface area (Å²) >= 11 is 0. The molecule has 1 amide bonds. The van der Waals surface area contributed by atoms with Gasteiger partial charge < -0.3 is 10.4 Å². The van der Waals surface area contributed by atoms with Crippen molar-refractivity contribution in [3.05, 3.63) is 53.1 Å². The van der Waals surface area contributed by atoms with E-state index in [2.05, 4.69) is 15.5 Å². The van der Waals surface area contributed by atoms with Gasteiger partial charge in [0.25, 0.3) is 5.91 Å². The Balaban J connectivity index is 1.57. The van der Waals surface area contributed by atoms with Gasteiger partial charge in [-0.25, -0.2) is 4.39 Å². The lowest BCUT2D eigenvalue weighted by Gasteiger charge is -2.25. The second-order valence-corrected chi connectivity index (χ2v) is 6.06. The summed E-state index contributed by atoms with van der Waals surface area (Å²) in [5, 5.41) is 19.3. The van der Waals surface area contributed by atoms with Gasteiger partial charge >= 0.3 is 0 Å². The fourth-order valence-electron chi connectivity index (χ4n) is 2.87. The Bertz CT molecular complexity index is 661. The van der Waals surface area contributed by atoms with Crippen molar-refractivity contribution >= 4 is 5.91 Å². The van der Waals surface area contributed by atoms with E-state index in [1.165, 1.54) is 12.1 Å². The molecular formula is C17H20FN3O2. The van der Waals surface area contributed by atoms with E-state index in [4.69, 9.17) is 0 Å². The van der Waals surface area contributed by atoms with Crippen molar-refractivity contribution in [2.45, 2.75) is 44.2 Å². The molecule has 0 aliphatic heterocycles. The molecule has 1 heterocycles. The van der Waals surface area contributed by atoms with Gasteiger partial charge in [-0.1, -0.05) is 12.1 Å². The average molecular weight is 317 g/mol. The molecule has 1 fully saturated rings. The third-order valence-electron chi connectivity index (χ3n) is 4.20. The molecule has 1 saturated carbocycles. The number of carbonyl (C=O) groups is 1. The number of aromatic amines is 1. The van der Waals surface area contributed by atoms with Crippen molar-refractivity contribution in [2.24, 2.45) is 0 Å². The van der Waals surface area contributed by atoms with Crippen LogP contribution < -0.4 is 5.32 Å². The predicted molar refractivity (Wildman–Crippen MR) is 83.5 cm³/mol. The standard InChI is InChI=1S/C17H20FN3O2/c18-12-3-1-11(2-4-12)9-14-10-16(21-20-14)17(23)19-13-5-7-15(22)8-6-13/h1-4,10,13,15,22H,5-9H2,(H,19,23)(H,20,21). The molecule has 0 atom stereocenters. The van der Waals surface area contributed by atoms with Crippen LogP contribution in [-0.4, -0.2) is 33.4 Å². The molecule has 0 unspecified atom stereocenters. The molecule has 122 valence electrons. The highest BCUT2D eigenvalue weighted by Gasteiger charge is 2.22. The molecule has 23 heavy (non-hydrogen) atoms. The number of benzene rings is 1. The summed E-state index contributed by atoms with van der Waals surface area (Å²) in [7, 11) is 0. The number of aliphatic hydroxyl groups excluding tert-OH is 1. The monoisotopic (exact) mass is 317 g/mol. The summed E-state index contributed by atoms with van der Waals surface area (Å²) in [6.07, 6.45) is 3.36. The minimum absolute atomic E-state index is 0.100. The van der Waals surface area contributed by atoms with Crippen LogP contribution in [0, 0.1) is 5.82 Å². The van der Waals surface area contributed by atoms with Gasteiger partial charge in [0.05, 0.1) is 6.10 Å². The Morgan fingerprint density at radius 3 is 2.65 bits per heavy atom. The van der Waals surface area contributed by atoms with E-state index < -0.39 is 0 Å². The first-order chi connectivity index (χ1) is 11.1. The van der Waals surface area contributed by atoms with Crippen LogP contribution in [0.1, 0.15) is 47.4 Å². The SMILES string of the molecule is O=C(NC1CCC(O)CC1)c1cc(Cc2ccc(F)cc2)[nH]n1. The molecular weight excluding hydrogens is 297 g/mol. The zero-order chi connectivity index (χ0) is 16.2. The quantitative estimate of drug-likeness (QED) is 0.809. The maximum absolute atomic E-state index is 12.9. The number of hydrogen-bond donors (Lipinski definition) is 3. The molecule has 1 aromatic carbocycles. The van der Waals surface area contributed by atoms with E-state index in [1.807, 2.05) is 0 Å². The summed E-state index contributed by atoms with van der Waals surface area (Å²) < 4.78 is 12.9. The smallest absolute Gasteiger partial charge is 0.271 e. The van der Waals surface area contributed by atoms with Crippen molar-refractivity contribution in [3.63, 3.8) is 0 Å². The maximum Gasteiger partial charge on any atom is 0.271 e. The van der Waals surface area contributed by atoms with Gasteiger partial charge in [-0.2, -0.15) is 5.10 Å². The first-order valence-electron chi connectivity index (χ1n) is 7.88. The Kier molecular flexibility index (Phi) is 4.71. The lowest BCUT2D eigenvalue weighted by atomic mass is 9.93. The Hall–Kier alpha value is -2.21. The first-order valence-corrected chi connectivity index (χ1v) is 7.88. The summed E-state index contributed by atoms with van der Waals surface area (Å²) in [6.45, 7) is 0. The summed E-state index contributed by atoms with van der Waals surface area (Å²) in [6, 6.07) is 8.07. The lowest BCUT2D eigenvalue weighted by molar-refractivity contribution is 0.0863. The molecule has 0 saturated heterocycles. The molecule has 0 spiro atoms. The second kappa shape index (κ2) is 6.91. The largest absolute Gasteiger partial charge is 0.393 e. The third kappa shape index (κ3) is 4.16. The van der Waals surface area contributed by atoms with Gasteiger partial charge in [-0.15, -0.1) is 0 Å². The van der Waals surface area contributed by atoms with Gasteiger partial charge in [0.1, 0.15) is 11.5 Å². The number of aromatic nitrogens is 2. The fourth-order valence-corrected chi connectivity index (χ4v) is 2.87. The highest BCUT2D eigenvalue weighted by molar-refractivity contribution is 5.92. The van der Waals surface area contributed by atoms with Crippen molar-refractivity contribution in [3.8, 4) is 0 Å². The molecule has 3 rings (SSSR count). The number of amides is 1. The number of rotatable bonds is 4. The Labute approximate surface area is 133 Å². The molecule has 5 nitrogen and oxygen atoms in total. The van der Waals surface area contributed by atoms with Gasteiger partial charge in [0.15, 0.2) is 0 Å². The number of hydrogen-bond acceptors (Lipinski definition) is 3. The molecule has 3 N–H and O–H groups in total. The van der Waals surface area contributed by atoms with E-state index in [-0.39, 0.29) is 23.9 Å². The number of nitrogens with zero attached hydrogens (tertiary/aromatic N) is 1. The molecule has 1 aliphatic rings. The molecule has 2 aromatic rings. The first kappa shape index (κ1) is 15.7. The molecule has 1 aliphatic carbocycles. The Morgan fingerprint density at radius 2 is 1.96 bits per heavy atom. The summed E-state index contributed by atoms with van der Waals surface area (Å²) in [4.78, 5) is 12.2. The second-order valence-electron chi connectivity index (χ2n) is 6.06. The highest BCUT2D eigenvalue weighted by Crippen LogP contribution is 2.18. The van der Waals surface area contributed by atoms with Gasteiger partial charge in [0.2, 0.25) is 0 Å². The van der Waals surface area contributed by atoms with Crippen LogP contribution in [0.25, 0.3) is 0 Å². The summed E-state index contributed by atoms with van der Waals surface area (Å²) in [5.74, 6) is -0.468. The van der Waals surface area contributed by atoms with E-state index in [1.54, 1.807) is 18.2 Å². The van der Waals surface area contributed by atoms with Crippen LogP contribution in [0.15, 0.2) is 30.3 Å². The van der Waals surface area contributed by atoms with Crippen molar-refractivity contribution in [1.29, 1.82) is 0 Å². The normalized spacial score (nSPS) is 21.1. The highest BCUT2D eigenvalue weighted by atomic mass is 19.1. The van der Waals surface area contributed by atoms with Crippen molar-refractivity contribution in [2.75, 3.05) is 0 Å². The molecule has 0 bridgehead atoms. The van der Waals surface area contributed by atoms with Crippen LogP contribution in [0.3, 0.4) is 0 Å². The minimum Gasteiger partial charge on any atom is -0.393 e. The van der Waals surface area contributed by atoms with E-state index in [0.29, 0.717) is 12.1 Å². The lowest BCUT2D eigenvalue weighted by Crippen LogP contribution is -2.38. The van der Waals surface area contributed by atoms with Gasteiger partial charge in [0, 0.05) is 18.2 Å². The van der Waals surface area contributed by atoms with Crippen LogP contribution in [0.2, 0.25) is 0 Å². The molecule has 6 heteroatoms. The van der Waals surface area contributed by atoms with E-state index in [0.717, 1.165) is 36.9 Å². The van der Waals surface area contributed by atoms with Crippen molar-refractivity contribution < 1.29 is 14.3 Å². The fraction of sp³-hybridized carbons (Fsp3) is 0.412. The molecule has 1 aromatic heterocycles. The number of halogens is 1. The van der Waals surface area contributed by atoms with E-state index >= 15 is 0 Å². The number of carbonyl (C=O) groups excluding carboxylic acids is 1. The topological polar surface area (TPSA) is 78.0 Å². The van der Waals surface area contributed by atoms with Crippen LogP contribution in [0.5, 0.6) is 0 Å². The minimum atomic E-state index is -0.268. The zero-order valence-electron chi connectivity index (χ0n) is 12.8. The van der Waals surface area contributed by atoms with Gasteiger partial charge in [-0.05, 0) is 49.4 Å².